The number of hydrogen-bond donors (Lipinski definition) is 2. The Hall–Kier alpha value is -3.68. The van der Waals surface area contributed by atoms with Gasteiger partial charge in [-0.25, -0.2) is 9.78 Å². The third-order valence-electron chi connectivity index (χ3n) is 5.60. The van der Waals surface area contributed by atoms with Gasteiger partial charge in [0.05, 0.1) is 22.3 Å². The Morgan fingerprint density at radius 1 is 1.29 bits per heavy atom. The summed E-state index contributed by atoms with van der Waals surface area (Å²) in [6, 6.07) is 9.07. The van der Waals surface area contributed by atoms with Crippen molar-refractivity contribution >= 4 is 22.7 Å². The molecule has 0 radical (unpaired) electrons. The van der Waals surface area contributed by atoms with Gasteiger partial charge in [0.2, 0.25) is 0 Å². The predicted octanol–water partition coefficient (Wildman–Crippen LogP) is 4.26. The maximum Gasteiger partial charge on any atom is 0.330 e. The summed E-state index contributed by atoms with van der Waals surface area (Å²) < 4.78 is 7.04. The molecule has 1 fully saturated rings. The Bertz CT molecular complexity index is 1360. The second kappa shape index (κ2) is 7.23. The fourth-order valence-electron chi connectivity index (χ4n) is 3.85. The number of fused-ring (bicyclic) bond motifs is 1. The summed E-state index contributed by atoms with van der Waals surface area (Å²) in [5.41, 5.74) is 4.33. The first kappa shape index (κ1) is 19.3. The zero-order valence-electron chi connectivity index (χ0n) is 17.6. The summed E-state index contributed by atoms with van der Waals surface area (Å²) in [6.45, 7) is 5.86. The van der Waals surface area contributed by atoms with Crippen LogP contribution in [-0.4, -0.2) is 25.6 Å². The second-order valence-corrected chi connectivity index (χ2v) is 8.35. The standard InChI is InChI=1S/C23H23N5O3/c1-12(2)20-19-17(10-18(14-7-8-14)26-22(19)31-27-20)21(29)25-15-5-4-6-16(9-15)28-13(3)11-24-23(28)30/h4-6,9-12,14H,7-8H2,1-3H3,(H,24,30)(H,25,29). The van der Waals surface area contributed by atoms with Gasteiger partial charge in [0, 0.05) is 29.2 Å². The number of nitrogens with one attached hydrogen (secondary N) is 2. The van der Waals surface area contributed by atoms with E-state index in [1.807, 2.05) is 32.9 Å². The first-order valence-corrected chi connectivity index (χ1v) is 10.4. The van der Waals surface area contributed by atoms with Crippen LogP contribution >= 0.6 is 0 Å². The first-order chi connectivity index (χ1) is 14.9. The maximum absolute atomic E-state index is 13.3. The molecule has 0 spiro atoms. The van der Waals surface area contributed by atoms with Crippen LogP contribution in [0.4, 0.5) is 5.69 Å². The molecule has 0 bridgehead atoms. The maximum atomic E-state index is 13.3. The van der Waals surface area contributed by atoms with Crippen LogP contribution in [0.15, 0.2) is 45.8 Å². The topological polar surface area (TPSA) is 106 Å². The quantitative estimate of drug-likeness (QED) is 0.505. The molecule has 5 rings (SSSR count). The third-order valence-corrected chi connectivity index (χ3v) is 5.60. The molecular weight excluding hydrogens is 394 g/mol. The van der Waals surface area contributed by atoms with Crippen molar-refractivity contribution in [1.29, 1.82) is 0 Å². The molecule has 4 aromatic rings. The van der Waals surface area contributed by atoms with Crippen molar-refractivity contribution in [3.05, 3.63) is 69.7 Å². The monoisotopic (exact) mass is 417 g/mol. The fraction of sp³-hybridized carbons (Fsp3) is 0.304. The Kier molecular flexibility index (Phi) is 4.50. The zero-order valence-corrected chi connectivity index (χ0v) is 17.6. The van der Waals surface area contributed by atoms with Crippen molar-refractivity contribution < 1.29 is 9.32 Å². The zero-order chi connectivity index (χ0) is 21.7. The second-order valence-electron chi connectivity index (χ2n) is 8.35. The molecule has 1 aliphatic carbocycles. The molecule has 1 aromatic carbocycles. The Morgan fingerprint density at radius 3 is 2.77 bits per heavy atom. The van der Waals surface area contributed by atoms with Gasteiger partial charge in [-0.3, -0.25) is 9.36 Å². The van der Waals surface area contributed by atoms with Crippen molar-refractivity contribution in [2.45, 2.75) is 45.4 Å². The van der Waals surface area contributed by atoms with Crippen LogP contribution in [0.3, 0.4) is 0 Å². The van der Waals surface area contributed by atoms with E-state index in [1.165, 1.54) is 0 Å². The predicted molar refractivity (Wildman–Crippen MR) is 117 cm³/mol. The number of amides is 1. The minimum atomic E-state index is -0.255. The van der Waals surface area contributed by atoms with Gasteiger partial charge in [-0.15, -0.1) is 0 Å². The Morgan fingerprint density at radius 2 is 2.10 bits per heavy atom. The molecule has 0 atom stereocenters. The van der Waals surface area contributed by atoms with E-state index in [-0.39, 0.29) is 17.5 Å². The van der Waals surface area contributed by atoms with Crippen molar-refractivity contribution in [2.24, 2.45) is 0 Å². The van der Waals surface area contributed by atoms with E-state index in [1.54, 1.807) is 29.0 Å². The van der Waals surface area contributed by atoms with Crippen molar-refractivity contribution in [1.82, 2.24) is 19.7 Å². The van der Waals surface area contributed by atoms with Crippen LogP contribution in [0.1, 0.15) is 66.0 Å². The number of hydrogen-bond acceptors (Lipinski definition) is 5. The summed E-state index contributed by atoms with van der Waals surface area (Å²) in [6.07, 6.45) is 3.79. The molecule has 2 N–H and O–H groups in total. The number of aromatic nitrogens is 4. The van der Waals surface area contributed by atoms with E-state index in [4.69, 9.17) is 4.52 Å². The fourth-order valence-corrected chi connectivity index (χ4v) is 3.85. The Labute approximate surface area is 178 Å². The summed E-state index contributed by atoms with van der Waals surface area (Å²) >= 11 is 0. The molecule has 31 heavy (non-hydrogen) atoms. The highest BCUT2D eigenvalue weighted by atomic mass is 16.5. The number of imidazole rings is 1. The van der Waals surface area contributed by atoms with E-state index >= 15 is 0 Å². The van der Waals surface area contributed by atoms with Gasteiger partial charge in [0.25, 0.3) is 11.6 Å². The van der Waals surface area contributed by atoms with E-state index in [9.17, 15) is 9.59 Å². The Balaban J connectivity index is 1.54. The number of anilines is 1. The lowest BCUT2D eigenvalue weighted by Crippen LogP contribution is -2.17. The van der Waals surface area contributed by atoms with Gasteiger partial charge in [-0.1, -0.05) is 25.1 Å². The third kappa shape index (κ3) is 3.43. The number of carbonyl (C=O) groups excluding carboxylic acids is 1. The summed E-state index contributed by atoms with van der Waals surface area (Å²) in [5, 5.41) is 7.80. The van der Waals surface area contributed by atoms with Gasteiger partial charge in [0.1, 0.15) is 0 Å². The first-order valence-electron chi connectivity index (χ1n) is 10.4. The van der Waals surface area contributed by atoms with Gasteiger partial charge in [-0.05, 0) is 49.9 Å². The number of carbonyl (C=O) groups is 1. The normalized spacial score (nSPS) is 13.8. The van der Waals surface area contributed by atoms with Crippen LogP contribution in [0.25, 0.3) is 16.8 Å². The summed E-state index contributed by atoms with van der Waals surface area (Å²) in [7, 11) is 0. The molecule has 0 saturated heterocycles. The van der Waals surface area contributed by atoms with Gasteiger partial charge >= 0.3 is 5.69 Å². The molecular formula is C23H23N5O3. The average molecular weight is 417 g/mol. The number of pyridine rings is 1. The number of H-pyrrole nitrogens is 1. The van der Waals surface area contributed by atoms with Crippen LogP contribution < -0.4 is 11.0 Å². The van der Waals surface area contributed by atoms with Crippen LogP contribution in [-0.2, 0) is 0 Å². The number of aryl methyl sites for hydroxylation is 1. The van der Waals surface area contributed by atoms with E-state index < -0.39 is 0 Å². The number of benzene rings is 1. The van der Waals surface area contributed by atoms with Crippen LogP contribution in [0.2, 0.25) is 0 Å². The number of rotatable bonds is 5. The average Bonchev–Trinajstić information content (AvgIpc) is 3.41. The van der Waals surface area contributed by atoms with Crippen molar-refractivity contribution in [2.75, 3.05) is 5.32 Å². The molecule has 0 unspecified atom stereocenters. The molecule has 3 heterocycles. The van der Waals surface area contributed by atoms with Crippen LogP contribution in [0, 0.1) is 6.92 Å². The van der Waals surface area contributed by atoms with Crippen molar-refractivity contribution in [3.63, 3.8) is 0 Å². The molecule has 1 aliphatic rings. The largest absolute Gasteiger partial charge is 0.335 e. The highest BCUT2D eigenvalue weighted by Gasteiger charge is 2.29. The van der Waals surface area contributed by atoms with E-state index in [0.29, 0.717) is 34.0 Å². The van der Waals surface area contributed by atoms with Crippen molar-refractivity contribution in [3.8, 4) is 5.69 Å². The lowest BCUT2D eigenvalue weighted by atomic mass is 10.0. The van der Waals surface area contributed by atoms with Gasteiger partial charge in [-0.2, -0.15) is 0 Å². The van der Waals surface area contributed by atoms with Gasteiger partial charge in [0.15, 0.2) is 0 Å². The van der Waals surface area contributed by atoms with Crippen LogP contribution in [0.5, 0.6) is 0 Å². The molecule has 3 aromatic heterocycles. The van der Waals surface area contributed by atoms with Gasteiger partial charge < -0.3 is 14.8 Å². The smallest absolute Gasteiger partial charge is 0.330 e. The lowest BCUT2D eigenvalue weighted by molar-refractivity contribution is 0.102. The van der Waals surface area contributed by atoms with E-state index in [0.717, 1.165) is 29.9 Å². The SMILES string of the molecule is Cc1c[nH]c(=O)n1-c1cccc(NC(=O)c2cc(C3CC3)nc3onc(C(C)C)c23)c1. The number of nitrogens with zero attached hydrogens (tertiary/aromatic N) is 3. The molecule has 8 nitrogen and oxygen atoms in total. The molecule has 1 amide bonds. The molecule has 8 heteroatoms. The van der Waals surface area contributed by atoms with E-state index in [2.05, 4.69) is 20.4 Å². The minimum Gasteiger partial charge on any atom is -0.335 e. The number of aromatic amines is 1. The summed E-state index contributed by atoms with van der Waals surface area (Å²) in [4.78, 5) is 32.7. The minimum absolute atomic E-state index is 0.0909. The molecule has 0 aliphatic heterocycles. The highest BCUT2D eigenvalue weighted by Crippen LogP contribution is 2.41. The molecule has 1 saturated carbocycles. The highest BCUT2D eigenvalue weighted by molar-refractivity contribution is 6.12. The lowest BCUT2D eigenvalue weighted by Gasteiger charge is -2.11. The molecule has 158 valence electrons. The summed E-state index contributed by atoms with van der Waals surface area (Å²) in [5.74, 6) is 0.207.